The molecule has 1 unspecified atom stereocenters. The molecule has 6 heteroatoms. The standard InChI is InChI=1S/C26H26Cl2FNO2/c1-17(30-25(31)26(2,3)32-21-13-14-24(29)23(28)16-21)22(19-7-5-4-6-8-19)15-18-9-11-20(27)12-10-18/h4-14,16-17,22H,15H2,1-3H3,(H,30,31)/t17-,22?/m0/s1. The second-order valence-electron chi connectivity index (χ2n) is 8.30. The van der Waals surface area contributed by atoms with Crippen LogP contribution in [0.2, 0.25) is 10.0 Å². The number of ether oxygens (including phenoxy) is 1. The molecular formula is C26H26Cl2FNO2. The summed E-state index contributed by atoms with van der Waals surface area (Å²) < 4.78 is 19.3. The van der Waals surface area contributed by atoms with Gasteiger partial charge in [0.25, 0.3) is 5.91 Å². The third-order valence-electron chi connectivity index (χ3n) is 5.37. The lowest BCUT2D eigenvalue weighted by Crippen LogP contribution is -2.51. The molecule has 3 rings (SSSR count). The van der Waals surface area contributed by atoms with Gasteiger partial charge in [-0.15, -0.1) is 0 Å². The molecule has 0 aliphatic rings. The average molecular weight is 474 g/mol. The first kappa shape index (κ1) is 24.1. The topological polar surface area (TPSA) is 38.3 Å². The van der Waals surface area contributed by atoms with Crippen LogP contribution < -0.4 is 10.1 Å². The summed E-state index contributed by atoms with van der Waals surface area (Å²) in [6.07, 6.45) is 0.734. The second kappa shape index (κ2) is 10.4. The summed E-state index contributed by atoms with van der Waals surface area (Å²) in [6.45, 7) is 5.32. The van der Waals surface area contributed by atoms with E-state index in [4.69, 9.17) is 27.9 Å². The first-order valence-corrected chi connectivity index (χ1v) is 11.2. The molecule has 0 aromatic heterocycles. The average Bonchev–Trinajstić information content (AvgIpc) is 2.76. The van der Waals surface area contributed by atoms with Crippen molar-refractivity contribution in [1.29, 1.82) is 0 Å². The number of carbonyl (C=O) groups is 1. The molecule has 0 aliphatic carbocycles. The van der Waals surface area contributed by atoms with Crippen LogP contribution in [0.5, 0.6) is 5.75 Å². The first-order chi connectivity index (χ1) is 15.2. The highest BCUT2D eigenvalue weighted by molar-refractivity contribution is 6.31. The van der Waals surface area contributed by atoms with Crippen LogP contribution in [0.4, 0.5) is 4.39 Å². The van der Waals surface area contributed by atoms with Gasteiger partial charge < -0.3 is 10.1 Å². The predicted molar refractivity (Wildman–Crippen MR) is 128 cm³/mol. The van der Waals surface area contributed by atoms with E-state index in [0.717, 1.165) is 17.5 Å². The fourth-order valence-electron chi connectivity index (χ4n) is 3.52. The number of benzene rings is 3. The van der Waals surface area contributed by atoms with Gasteiger partial charge in [-0.3, -0.25) is 4.79 Å². The molecular weight excluding hydrogens is 448 g/mol. The van der Waals surface area contributed by atoms with E-state index >= 15 is 0 Å². The summed E-state index contributed by atoms with van der Waals surface area (Å²) in [6, 6.07) is 21.7. The third kappa shape index (κ3) is 6.24. The van der Waals surface area contributed by atoms with Gasteiger partial charge in [-0.25, -0.2) is 4.39 Å². The summed E-state index contributed by atoms with van der Waals surface area (Å²) in [7, 11) is 0. The molecule has 0 saturated carbocycles. The summed E-state index contributed by atoms with van der Waals surface area (Å²) in [5.41, 5.74) is 1.07. The number of halogens is 3. The highest BCUT2D eigenvalue weighted by atomic mass is 35.5. The Morgan fingerprint density at radius 1 is 1.03 bits per heavy atom. The minimum absolute atomic E-state index is 0.0393. The monoisotopic (exact) mass is 473 g/mol. The maximum atomic E-state index is 13.4. The Bertz CT molecular complexity index is 1060. The van der Waals surface area contributed by atoms with Crippen LogP contribution in [0.25, 0.3) is 0 Å². The first-order valence-electron chi connectivity index (χ1n) is 10.4. The van der Waals surface area contributed by atoms with Gasteiger partial charge in [0.1, 0.15) is 11.6 Å². The van der Waals surface area contributed by atoms with E-state index in [1.807, 2.05) is 49.4 Å². The van der Waals surface area contributed by atoms with E-state index in [9.17, 15) is 9.18 Å². The molecule has 0 bridgehead atoms. The van der Waals surface area contributed by atoms with Crippen molar-refractivity contribution in [1.82, 2.24) is 5.32 Å². The molecule has 0 radical (unpaired) electrons. The van der Waals surface area contributed by atoms with Gasteiger partial charge >= 0.3 is 0 Å². The van der Waals surface area contributed by atoms with E-state index < -0.39 is 11.4 Å². The van der Waals surface area contributed by atoms with Crippen LogP contribution in [0, 0.1) is 5.82 Å². The molecule has 0 spiro atoms. The van der Waals surface area contributed by atoms with E-state index in [1.54, 1.807) is 13.8 Å². The van der Waals surface area contributed by atoms with Crippen LogP contribution in [0.3, 0.4) is 0 Å². The molecule has 32 heavy (non-hydrogen) atoms. The van der Waals surface area contributed by atoms with Crippen molar-refractivity contribution < 1.29 is 13.9 Å². The van der Waals surface area contributed by atoms with Crippen molar-refractivity contribution in [3.63, 3.8) is 0 Å². The van der Waals surface area contributed by atoms with Crippen LogP contribution in [0.15, 0.2) is 72.8 Å². The zero-order chi connectivity index (χ0) is 23.3. The fraction of sp³-hybridized carbons (Fsp3) is 0.269. The molecule has 1 amide bonds. The molecule has 0 saturated heterocycles. The molecule has 0 heterocycles. The molecule has 1 N–H and O–H groups in total. The summed E-state index contributed by atoms with van der Waals surface area (Å²) in [5, 5.41) is 3.73. The van der Waals surface area contributed by atoms with Gasteiger partial charge in [-0.05, 0) is 62.6 Å². The summed E-state index contributed by atoms with van der Waals surface area (Å²) >= 11 is 11.9. The van der Waals surface area contributed by atoms with E-state index in [2.05, 4.69) is 17.4 Å². The Morgan fingerprint density at radius 3 is 2.31 bits per heavy atom. The number of carbonyl (C=O) groups excluding carboxylic acids is 1. The van der Waals surface area contributed by atoms with Gasteiger partial charge in [0, 0.05) is 23.0 Å². The second-order valence-corrected chi connectivity index (χ2v) is 9.14. The lowest BCUT2D eigenvalue weighted by Gasteiger charge is -2.31. The Hall–Kier alpha value is -2.56. The Balaban J connectivity index is 1.76. The van der Waals surface area contributed by atoms with Gasteiger partial charge in [0.05, 0.1) is 5.02 Å². The highest BCUT2D eigenvalue weighted by Crippen LogP contribution is 2.28. The third-order valence-corrected chi connectivity index (χ3v) is 5.91. The number of amides is 1. The van der Waals surface area contributed by atoms with Crippen LogP contribution in [0.1, 0.15) is 37.8 Å². The number of hydrogen-bond acceptors (Lipinski definition) is 2. The van der Waals surface area contributed by atoms with Gasteiger partial charge in [-0.2, -0.15) is 0 Å². The molecule has 3 aromatic carbocycles. The molecule has 0 fully saturated rings. The Kier molecular flexibility index (Phi) is 7.81. The quantitative estimate of drug-likeness (QED) is 0.389. The molecule has 0 aliphatic heterocycles. The van der Waals surface area contributed by atoms with Crippen molar-refractivity contribution in [3.8, 4) is 5.75 Å². The van der Waals surface area contributed by atoms with Gasteiger partial charge in [0.2, 0.25) is 0 Å². The SMILES string of the molecule is C[C@H](NC(=O)C(C)(C)Oc1ccc(F)c(Cl)c1)C(Cc1ccc(Cl)cc1)c1ccccc1. The number of rotatable bonds is 8. The van der Waals surface area contributed by atoms with E-state index in [0.29, 0.717) is 10.8 Å². The van der Waals surface area contributed by atoms with Crippen molar-refractivity contribution in [3.05, 3.63) is 99.8 Å². The maximum Gasteiger partial charge on any atom is 0.263 e. The van der Waals surface area contributed by atoms with Crippen molar-refractivity contribution in [2.24, 2.45) is 0 Å². The van der Waals surface area contributed by atoms with Crippen molar-refractivity contribution >= 4 is 29.1 Å². The predicted octanol–water partition coefficient (Wildman–Crippen LogP) is 6.82. The largest absolute Gasteiger partial charge is 0.478 e. The summed E-state index contributed by atoms with van der Waals surface area (Å²) in [5.74, 6) is -0.451. The van der Waals surface area contributed by atoms with Crippen LogP contribution in [-0.4, -0.2) is 17.6 Å². The maximum absolute atomic E-state index is 13.4. The number of hydrogen-bond donors (Lipinski definition) is 1. The molecule has 3 nitrogen and oxygen atoms in total. The molecule has 168 valence electrons. The highest BCUT2D eigenvalue weighted by Gasteiger charge is 2.33. The van der Waals surface area contributed by atoms with Crippen LogP contribution >= 0.6 is 23.2 Å². The molecule has 3 aromatic rings. The number of nitrogens with one attached hydrogen (secondary N) is 1. The minimum Gasteiger partial charge on any atom is -0.478 e. The lowest BCUT2D eigenvalue weighted by atomic mass is 9.86. The van der Waals surface area contributed by atoms with E-state index in [1.165, 1.54) is 18.2 Å². The van der Waals surface area contributed by atoms with E-state index in [-0.39, 0.29) is 22.9 Å². The van der Waals surface area contributed by atoms with Crippen LogP contribution in [-0.2, 0) is 11.2 Å². The normalized spacial score (nSPS) is 13.3. The van der Waals surface area contributed by atoms with Gasteiger partial charge in [0.15, 0.2) is 5.60 Å². The zero-order valence-electron chi connectivity index (χ0n) is 18.2. The lowest BCUT2D eigenvalue weighted by molar-refractivity contribution is -0.135. The Labute approximate surface area is 198 Å². The molecule has 2 atom stereocenters. The zero-order valence-corrected chi connectivity index (χ0v) is 19.8. The Morgan fingerprint density at radius 2 is 1.69 bits per heavy atom. The minimum atomic E-state index is -1.18. The van der Waals surface area contributed by atoms with Gasteiger partial charge in [-0.1, -0.05) is 65.7 Å². The summed E-state index contributed by atoms with van der Waals surface area (Å²) in [4.78, 5) is 13.1. The smallest absolute Gasteiger partial charge is 0.263 e. The van der Waals surface area contributed by atoms with Crippen molar-refractivity contribution in [2.75, 3.05) is 0 Å². The fourth-order valence-corrected chi connectivity index (χ4v) is 3.82. The van der Waals surface area contributed by atoms with Crippen molar-refractivity contribution in [2.45, 2.75) is 44.8 Å².